The molecule has 0 bridgehead atoms. The van der Waals surface area contributed by atoms with E-state index in [2.05, 4.69) is 79.8 Å². The number of nitrogens with one attached hydrogen (secondary N) is 1. The highest BCUT2D eigenvalue weighted by Crippen LogP contribution is 2.34. The van der Waals surface area contributed by atoms with E-state index in [0.29, 0.717) is 18.0 Å². The normalized spacial score (nSPS) is 27.5. The highest BCUT2D eigenvalue weighted by atomic mass is 16.4. The molecule has 26 heavy (non-hydrogen) atoms. The molecule has 2 N–H and O–H groups in total. The van der Waals surface area contributed by atoms with Crippen LogP contribution in [0.2, 0.25) is 0 Å². The summed E-state index contributed by atoms with van der Waals surface area (Å²) >= 11 is 0. The Labute approximate surface area is 157 Å². The Kier molecular flexibility index (Phi) is 6.45. The number of piperidine rings is 1. The van der Waals surface area contributed by atoms with Crippen LogP contribution in [0, 0.1) is 5.92 Å². The molecule has 0 spiro atoms. The first kappa shape index (κ1) is 18.7. The van der Waals surface area contributed by atoms with Crippen molar-refractivity contribution in [1.29, 1.82) is 0 Å². The zero-order chi connectivity index (χ0) is 18.4. The summed E-state index contributed by atoms with van der Waals surface area (Å²) in [7, 11) is 2.30. The van der Waals surface area contributed by atoms with E-state index >= 15 is 0 Å². The van der Waals surface area contributed by atoms with Crippen molar-refractivity contribution >= 4 is 5.71 Å². The van der Waals surface area contributed by atoms with E-state index in [1.165, 1.54) is 35.3 Å². The van der Waals surface area contributed by atoms with Gasteiger partial charge in [-0.25, -0.2) is 0 Å². The number of hydrogen-bond acceptors (Lipinski definition) is 2. The number of likely N-dealkylation sites (tertiary alicyclic amines) is 1. The molecule has 1 heterocycles. The van der Waals surface area contributed by atoms with Gasteiger partial charge in [0.25, 0.3) is 0 Å². The molecule has 4 atom stereocenters. The Morgan fingerprint density at radius 2 is 1.58 bits per heavy atom. The number of unbranched alkanes of at least 4 members (excludes halogenated alkanes) is 2. The summed E-state index contributed by atoms with van der Waals surface area (Å²) in [6, 6.07) is 22.0. The first-order chi connectivity index (χ1) is 12.8. The third-order valence-corrected chi connectivity index (χ3v) is 5.89. The van der Waals surface area contributed by atoms with Crippen molar-refractivity contribution in [3.63, 3.8) is 0 Å². The smallest absolute Gasteiger partial charge is 0.122 e. The van der Waals surface area contributed by atoms with Crippen molar-refractivity contribution < 1.29 is 10.1 Å². The Morgan fingerprint density at radius 3 is 2.15 bits per heavy atom. The lowest BCUT2D eigenvalue weighted by Gasteiger charge is -2.42. The SMILES string of the molecule is CCCCC[C@@H]1/C(=N/O)C[C@@H](c2ccccc2)[NH+](C)[C@@H]1c1ccccc1. The minimum Gasteiger partial charge on any atom is -0.411 e. The Bertz CT molecular complexity index is 699. The number of oxime groups is 1. The minimum atomic E-state index is 0.300. The summed E-state index contributed by atoms with van der Waals surface area (Å²) < 4.78 is 0. The second-order valence-electron chi connectivity index (χ2n) is 7.49. The Balaban J connectivity index is 1.97. The van der Waals surface area contributed by atoms with Gasteiger partial charge in [0.2, 0.25) is 0 Å². The number of nitrogens with zero attached hydrogens (tertiary/aromatic N) is 1. The van der Waals surface area contributed by atoms with Gasteiger partial charge in [0, 0.05) is 17.5 Å². The van der Waals surface area contributed by atoms with Gasteiger partial charge in [-0.2, -0.15) is 0 Å². The summed E-state index contributed by atoms with van der Waals surface area (Å²) in [4.78, 5) is 1.50. The molecular formula is C23H31N2O+. The van der Waals surface area contributed by atoms with Crippen molar-refractivity contribution in [2.24, 2.45) is 11.1 Å². The predicted molar refractivity (Wildman–Crippen MR) is 107 cm³/mol. The van der Waals surface area contributed by atoms with Crippen LogP contribution < -0.4 is 4.90 Å². The molecule has 0 saturated carbocycles. The molecule has 3 rings (SSSR count). The molecule has 0 radical (unpaired) electrons. The number of hydrogen-bond donors (Lipinski definition) is 2. The predicted octanol–water partition coefficient (Wildman–Crippen LogP) is 4.41. The molecular weight excluding hydrogens is 320 g/mol. The lowest BCUT2D eigenvalue weighted by atomic mass is 9.76. The first-order valence-corrected chi connectivity index (χ1v) is 9.90. The molecule has 1 saturated heterocycles. The Hall–Kier alpha value is -2.13. The van der Waals surface area contributed by atoms with Crippen LogP contribution in [0.4, 0.5) is 0 Å². The fourth-order valence-electron chi connectivity index (χ4n) is 4.53. The molecule has 2 aromatic rings. The molecule has 1 aliphatic heterocycles. The number of rotatable bonds is 6. The van der Waals surface area contributed by atoms with Gasteiger partial charge in [-0.15, -0.1) is 0 Å². The summed E-state index contributed by atoms with van der Waals surface area (Å²) in [5.41, 5.74) is 3.63. The fourth-order valence-corrected chi connectivity index (χ4v) is 4.53. The maximum atomic E-state index is 9.81. The van der Waals surface area contributed by atoms with Gasteiger partial charge in [-0.1, -0.05) is 92.0 Å². The molecule has 0 aliphatic carbocycles. The largest absolute Gasteiger partial charge is 0.411 e. The monoisotopic (exact) mass is 351 g/mol. The zero-order valence-corrected chi connectivity index (χ0v) is 15.9. The molecule has 1 aliphatic rings. The van der Waals surface area contributed by atoms with Crippen LogP contribution in [0.3, 0.4) is 0 Å². The van der Waals surface area contributed by atoms with Crippen LogP contribution in [0.1, 0.15) is 62.2 Å². The summed E-state index contributed by atoms with van der Waals surface area (Å²) in [6.07, 6.45) is 5.55. The van der Waals surface area contributed by atoms with Crippen LogP contribution >= 0.6 is 0 Å². The molecule has 1 fully saturated rings. The van der Waals surface area contributed by atoms with Crippen LogP contribution in [-0.2, 0) is 0 Å². The number of quaternary nitrogens is 1. The molecule has 0 aromatic heterocycles. The van der Waals surface area contributed by atoms with Crippen LogP contribution in [0.15, 0.2) is 65.8 Å². The van der Waals surface area contributed by atoms with Gasteiger partial charge in [-0.05, 0) is 6.42 Å². The topological polar surface area (TPSA) is 37.0 Å². The fraction of sp³-hybridized carbons (Fsp3) is 0.435. The second kappa shape index (κ2) is 9.00. The van der Waals surface area contributed by atoms with E-state index in [0.717, 1.165) is 18.6 Å². The second-order valence-corrected chi connectivity index (χ2v) is 7.49. The quantitative estimate of drug-likeness (QED) is 0.451. The molecule has 1 unspecified atom stereocenters. The van der Waals surface area contributed by atoms with Gasteiger partial charge in [-0.3, -0.25) is 0 Å². The van der Waals surface area contributed by atoms with Gasteiger partial charge < -0.3 is 10.1 Å². The minimum absolute atomic E-state index is 0.300. The van der Waals surface area contributed by atoms with E-state index in [4.69, 9.17) is 0 Å². The Morgan fingerprint density at radius 1 is 0.962 bits per heavy atom. The van der Waals surface area contributed by atoms with E-state index in [1.54, 1.807) is 0 Å². The van der Waals surface area contributed by atoms with Gasteiger partial charge in [0.15, 0.2) is 0 Å². The number of benzene rings is 2. The third kappa shape index (κ3) is 3.99. The first-order valence-electron chi connectivity index (χ1n) is 9.90. The molecule has 3 heteroatoms. The highest BCUT2D eigenvalue weighted by Gasteiger charge is 2.44. The average molecular weight is 352 g/mol. The molecule has 0 amide bonds. The van der Waals surface area contributed by atoms with Crippen LogP contribution in [0.5, 0.6) is 0 Å². The highest BCUT2D eigenvalue weighted by molar-refractivity contribution is 5.88. The van der Waals surface area contributed by atoms with Crippen LogP contribution in [0.25, 0.3) is 0 Å². The van der Waals surface area contributed by atoms with Gasteiger partial charge in [0.05, 0.1) is 18.7 Å². The van der Waals surface area contributed by atoms with E-state index in [-0.39, 0.29) is 0 Å². The van der Waals surface area contributed by atoms with Gasteiger partial charge in [0.1, 0.15) is 12.1 Å². The van der Waals surface area contributed by atoms with E-state index < -0.39 is 0 Å². The lowest BCUT2D eigenvalue weighted by Crippen LogP contribution is -3.11. The maximum absolute atomic E-state index is 9.81. The van der Waals surface area contributed by atoms with Crippen molar-refractivity contribution in [1.82, 2.24) is 0 Å². The van der Waals surface area contributed by atoms with Crippen molar-refractivity contribution in [3.05, 3.63) is 71.8 Å². The average Bonchev–Trinajstić information content (AvgIpc) is 2.70. The van der Waals surface area contributed by atoms with E-state index in [9.17, 15) is 5.21 Å². The molecule has 138 valence electrons. The summed E-state index contributed by atoms with van der Waals surface area (Å²) in [6.45, 7) is 2.24. The van der Waals surface area contributed by atoms with E-state index in [1.807, 2.05) is 0 Å². The standard InChI is InChI=1S/C23H30N2O/c1-3-4-7-16-20-21(24-26)17-22(18-12-8-5-9-13-18)25(2)23(20)19-14-10-6-11-15-19/h5-6,8-15,20,22-23,26H,3-4,7,16-17H2,1-2H3/p+1/b24-21+/t20-,22+,23-/m1/s1. The third-order valence-electron chi connectivity index (χ3n) is 5.89. The summed E-state index contributed by atoms with van der Waals surface area (Å²) in [5, 5.41) is 13.6. The molecule has 2 aromatic carbocycles. The molecule has 3 nitrogen and oxygen atoms in total. The maximum Gasteiger partial charge on any atom is 0.122 e. The van der Waals surface area contributed by atoms with Gasteiger partial charge >= 0.3 is 0 Å². The van der Waals surface area contributed by atoms with Crippen molar-refractivity contribution in [2.45, 2.75) is 51.1 Å². The zero-order valence-electron chi connectivity index (χ0n) is 15.9. The van der Waals surface area contributed by atoms with Crippen LogP contribution in [-0.4, -0.2) is 18.0 Å². The van der Waals surface area contributed by atoms with Crippen molar-refractivity contribution in [2.75, 3.05) is 7.05 Å². The summed E-state index contributed by atoms with van der Waals surface area (Å²) in [5.74, 6) is 0.300. The van der Waals surface area contributed by atoms with Crippen molar-refractivity contribution in [3.8, 4) is 0 Å². The lowest BCUT2D eigenvalue weighted by molar-refractivity contribution is -0.949.